The van der Waals surface area contributed by atoms with Crippen molar-refractivity contribution < 1.29 is 19.4 Å². The van der Waals surface area contributed by atoms with Crippen LogP contribution in [0.3, 0.4) is 0 Å². The van der Waals surface area contributed by atoms with Crippen LogP contribution in [-0.2, 0) is 9.53 Å². The van der Waals surface area contributed by atoms with E-state index in [0.717, 1.165) is 26.1 Å². The molecule has 7 nitrogen and oxygen atoms in total. The average Bonchev–Trinajstić information content (AvgIpc) is 2.46. The van der Waals surface area contributed by atoms with Gasteiger partial charge in [-0.05, 0) is 38.8 Å². The molecule has 0 bridgehead atoms. The van der Waals surface area contributed by atoms with Gasteiger partial charge in [-0.25, -0.2) is 9.59 Å². The molecule has 2 amide bonds. The second kappa shape index (κ2) is 7.61. The number of likely N-dealkylation sites (tertiary alicyclic amines) is 2. The van der Waals surface area contributed by atoms with Gasteiger partial charge < -0.3 is 25.0 Å². The first-order valence-corrected chi connectivity index (χ1v) is 7.60. The Hall–Kier alpha value is -1.34. The first kappa shape index (κ1) is 16.0. The van der Waals surface area contributed by atoms with Crippen LogP contribution in [0.5, 0.6) is 0 Å². The van der Waals surface area contributed by atoms with E-state index < -0.39 is 5.97 Å². The molecule has 2 unspecified atom stereocenters. The van der Waals surface area contributed by atoms with Gasteiger partial charge in [0.25, 0.3) is 0 Å². The second-order valence-corrected chi connectivity index (χ2v) is 5.86. The van der Waals surface area contributed by atoms with Crippen molar-refractivity contribution in [2.24, 2.45) is 5.92 Å². The van der Waals surface area contributed by atoms with Gasteiger partial charge in [-0.2, -0.15) is 0 Å². The summed E-state index contributed by atoms with van der Waals surface area (Å²) in [4.78, 5) is 26.7. The minimum absolute atomic E-state index is 0.0689. The smallest absolute Gasteiger partial charge is 0.329 e. The number of aliphatic carboxylic acids is 1. The van der Waals surface area contributed by atoms with Crippen LogP contribution in [0.25, 0.3) is 0 Å². The number of carbonyl (C=O) groups is 2. The van der Waals surface area contributed by atoms with Gasteiger partial charge in [0.05, 0.1) is 6.61 Å². The molecule has 7 heteroatoms. The molecule has 2 atom stereocenters. The third-order valence-electron chi connectivity index (χ3n) is 4.38. The second-order valence-electron chi connectivity index (χ2n) is 5.86. The highest BCUT2D eigenvalue weighted by Crippen LogP contribution is 2.29. The quantitative estimate of drug-likeness (QED) is 0.709. The van der Waals surface area contributed by atoms with E-state index in [0.29, 0.717) is 18.5 Å². The van der Waals surface area contributed by atoms with Crippen molar-refractivity contribution in [3.05, 3.63) is 0 Å². The highest BCUT2D eigenvalue weighted by atomic mass is 16.5. The Kier molecular flexibility index (Phi) is 5.81. The number of hydrogen-bond donors (Lipinski definition) is 2. The Morgan fingerprint density at radius 1 is 1.33 bits per heavy atom. The van der Waals surface area contributed by atoms with Crippen molar-refractivity contribution in [1.82, 2.24) is 15.1 Å². The summed E-state index contributed by atoms with van der Waals surface area (Å²) in [6.07, 6.45) is 3.43. The largest absolute Gasteiger partial charge is 0.480 e. The summed E-state index contributed by atoms with van der Waals surface area (Å²) >= 11 is 0. The maximum Gasteiger partial charge on any atom is 0.329 e. The lowest BCUT2D eigenvalue weighted by atomic mass is 9.84. The van der Waals surface area contributed by atoms with E-state index in [9.17, 15) is 9.59 Å². The Balaban J connectivity index is 1.68. The Labute approximate surface area is 125 Å². The molecule has 0 saturated carbocycles. The van der Waals surface area contributed by atoms with E-state index >= 15 is 0 Å². The van der Waals surface area contributed by atoms with E-state index in [1.165, 1.54) is 12.8 Å². The molecule has 2 rings (SSSR count). The van der Waals surface area contributed by atoms with Crippen LogP contribution in [0.4, 0.5) is 4.79 Å². The summed E-state index contributed by atoms with van der Waals surface area (Å²) in [6, 6.07) is 0.544. The summed E-state index contributed by atoms with van der Waals surface area (Å²) in [6.45, 7) is 3.01. The summed E-state index contributed by atoms with van der Waals surface area (Å²) in [7, 11) is 2.17. The number of urea groups is 1. The maximum absolute atomic E-state index is 12.1. The van der Waals surface area contributed by atoms with Crippen LogP contribution in [0.2, 0.25) is 0 Å². The Morgan fingerprint density at radius 3 is 2.90 bits per heavy atom. The molecule has 2 N–H and O–H groups in total. The van der Waals surface area contributed by atoms with E-state index in [4.69, 9.17) is 9.84 Å². The highest BCUT2D eigenvalue weighted by Gasteiger charge is 2.35. The number of carbonyl (C=O) groups excluding carboxylic acids is 1. The summed E-state index contributed by atoms with van der Waals surface area (Å²) < 4.78 is 4.89. The third kappa shape index (κ3) is 4.57. The molecule has 2 saturated heterocycles. The molecular weight excluding hydrogens is 274 g/mol. The van der Waals surface area contributed by atoms with Gasteiger partial charge in [0.2, 0.25) is 0 Å². The molecule has 0 aliphatic carbocycles. The lowest BCUT2D eigenvalue weighted by Gasteiger charge is -2.45. The number of carboxylic acids is 1. The van der Waals surface area contributed by atoms with Crippen molar-refractivity contribution in [1.29, 1.82) is 0 Å². The highest BCUT2D eigenvalue weighted by molar-refractivity contribution is 5.74. The fraction of sp³-hybridized carbons (Fsp3) is 0.857. The number of hydrogen-bond acceptors (Lipinski definition) is 4. The summed E-state index contributed by atoms with van der Waals surface area (Å²) in [5.41, 5.74) is 0. The van der Waals surface area contributed by atoms with E-state index in [-0.39, 0.29) is 19.2 Å². The van der Waals surface area contributed by atoms with Crippen LogP contribution < -0.4 is 5.32 Å². The normalized spacial score (nSPS) is 26.2. The van der Waals surface area contributed by atoms with Gasteiger partial charge in [-0.1, -0.05) is 0 Å². The predicted octanol–water partition coefficient (Wildman–Crippen LogP) is 0.213. The monoisotopic (exact) mass is 299 g/mol. The summed E-state index contributed by atoms with van der Waals surface area (Å²) in [5.74, 6) is -0.420. The zero-order chi connectivity index (χ0) is 15.2. The molecule has 0 radical (unpaired) electrons. The molecule has 0 spiro atoms. The molecular formula is C14H25N3O4. The van der Waals surface area contributed by atoms with E-state index in [1.807, 2.05) is 4.90 Å². The van der Waals surface area contributed by atoms with Crippen molar-refractivity contribution in [2.75, 3.05) is 46.4 Å². The molecule has 0 aromatic heterocycles. The zero-order valence-electron chi connectivity index (χ0n) is 12.6. The van der Waals surface area contributed by atoms with Crippen LogP contribution in [0.1, 0.15) is 19.3 Å². The number of ether oxygens (including phenoxy) is 1. The maximum atomic E-state index is 12.1. The fourth-order valence-electron chi connectivity index (χ4n) is 3.34. The number of carboxylic acid groups (broad SMARTS) is 1. The molecule has 2 aliphatic rings. The standard InChI is InChI=1S/C14H25N3O4/c1-16-6-2-3-11-9-17(7-4-12(11)16)14(20)15-5-8-21-10-13(18)19/h11-12H,2-10H2,1H3,(H,15,20)(H,18,19). The number of amides is 2. The number of nitrogens with zero attached hydrogens (tertiary/aromatic N) is 2. The molecule has 2 heterocycles. The minimum atomic E-state index is -0.996. The average molecular weight is 299 g/mol. The molecule has 2 fully saturated rings. The van der Waals surface area contributed by atoms with Crippen molar-refractivity contribution in [2.45, 2.75) is 25.3 Å². The van der Waals surface area contributed by atoms with Crippen LogP contribution in [0, 0.1) is 5.92 Å². The van der Waals surface area contributed by atoms with Gasteiger partial charge in [0.15, 0.2) is 0 Å². The number of piperidine rings is 2. The predicted molar refractivity (Wildman–Crippen MR) is 77.2 cm³/mol. The van der Waals surface area contributed by atoms with Gasteiger partial charge in [0.1, 0.15) is 6.61 Å². The fourth-order valence-corrected chi connectivity index (χ4v) is 3.34. The topological polar surface area (TPSA) is 82.1 Å². The van der Waals surface area contributed by atoms with Crippen molar-refractivity contribution in [3.63, 3.8) is 0 Å². The van der Waals surface area contributed by atoms with Crippen molar-refractivity contribution in [3.8, 4) is 0 Å². The first-order chi connectivity index (χ1) is 10.1. The van der Waals surface area contributed by atoms with Gasteiger partial charge in [0, 0.05) is 25.7 Å². The first-order valence-electron chi connectivity index (χ1n) is 7.60. The Bertz CT molecular complexity index is 377. The SMILES string of the molecule is CN1CCCC2CN(C(=O)NCCOCC(=O)O)CCC21. The molecule has 2 aliphatic heterocycles. The van der Waals surface area contributed by atoms with E-state index in [1.54, 1.807) is 0 Å². The van der Waals surface area contributed by atoms with Crippen LogP contribution in [-0.4, -0.2) is 79.4 Å². The Morgan fingerprint density at radius 2 is 2.14 bits per heavy atom. The molecule has 21 heavy (non-hydrogen) atoms. The minimum Gasteiger partial charge on any atom is -0.480 e. The van der Waals surface area contributed by atoms with E-state index in [2.05, 4.69) is 17.3 Å². The van der Waals surface area contributed by atoms with Crippen LogP contribution >= 0.6 is 0 Å². The summed E-state index contributed by atoms with van der Waals surface area (Å²) in [5, 5.41) is 11.2. The molecule has 120 valence electrons. The van der Waals surface area contributed by atoms with Gasteiger partial charge >= 0.3 is 12.0 Å². The zero-order valence-corrected chi connectivity index (χ0v) is 12.6. The lowest BCUT2D eigenvalue weighted by Crippen LogP contribution is -2.55. The number of rotatable bonds is 5. The lowest BCUT2D eigenvalue weighted by molar-refractivity contribution is -0.142. The third-order valence-corrected chi connectivity index (χ3v) is 4.38. The molecule has 0 aromatic carbocycles. The number of fused-ring (bicyclic) bond motifs is 1. The molecule has 0 aromatic rings. The van der Waals surface area contributed by atoms with Crippen molar-refractivity contribution >= 4 is 12.0 Å². The number of nitrogens with one attached hydrogen (secondary N) is 1. The van der Waals surface area contributed by atoms with Gasteiger partial charge in [-0.15, -0.1) is 0 Å². The van der Waals surface area contributed by atoms with Crippen LogP contribution in [0.15, 0.2) is 0 Å². The van der Waals surface area contributed by atoms with Gasteiger partial charge in [-0.3, -0.25) is 0 Å².